The fourth-order valence-corrected chi connectivity index (χ4v) is 3.89. The van der Waals surface area contributed by atoms with Crippen LogP contribution in [0.2, 0.25) is 0 Å². The summed E-state index contributed by atoms with van der Waals surface area (Å²) in [4.78, 5) is 9.08. The number of benzene rings is 1. The molecule has 0 aliphatic carbocycles. The number of tetrazole rings is 1. The summed E-state index contributed by atoms with van der Waals surface area (Å²) in [6.07, 6.45) is -0.798. The van der Waals surface area contributed by atoms with Crippen molar-refractivity contribution < 1.29 is 22.8 Å². The lowest BCUT2D eigenvalue weighted by Gasteiger charge is -2.14. The summed E-state index contributed by atoms with van der Waals surface area (Å²) in [5, 5.41) is 12.0. The molecule has 0 saturated carbocycles. The second kappa shape index (κ2) is 9.07. The Balaban J connectivity index is 1.80. The number of rotatable bonds is 9. The van der Waals surface area contributed by atoms with Gasteiger partial charge in [-0.3, -0.25) is 0 Å². The molecule has 1 aromatic carbocycles. The van der Waals surface area contributed by atoms with Gasteiger partial charge in [0.2, 0.25) is 5.16 Å². The molecule has 25 heavy (non-hydrogen) atoms. The molecule has 1 unspecified atom stereocenters. The highest BCUT2D eigenvalue weighted by molar-refractivity contribution is 9.10. The molecule has 0 spiro atoms. The van der Waals surface area contributed by atoms with Crippen molar-refractivity contribution in [3.63, 3.8) is 0 Å². The van der Waals surface area contributed by atoms with Gasteiger partial charge in [-0.05, 0) is 63.3 Å². The average Bonchev–Trinajstić information content (AvgIpc) is 2.94. The maximum absolute atomic E-state index is 12.4. The summed E-state index contributed by atoms with van der Waals surface area (Å²) < 4.78 is 42.5. The van der Waals surface area contributed by atoms with Crippen LogP contribution >= 0.6 is 35.3 Å². The Bertz CT molecular complexity index is 765. The maximum atomic E-state index is 12.4. The van der Waals surface area contributed by atoms with Gasteiger partial charge in [-0.1, -0.05) is 17.8 Å². The van der Waals surface area contributed by atoms with Gasteiger partial charge in [-0.15, -0.1) is 5.10 Å². The molecule has 0 amide bonds. The van der Waals surface area contributed by atoms with Crippen LogP contribution in [0.25, 0.3) is 0 Å². The number of halogens is 3. The zero-order valence-corrected chi connectivity index (χ0v) is 16.5. The van der Waals surface area contributed by atoms with Crippen molar-refractivity contribution in [2.24, 2.45) is 7.05 Å². The largest absolute Gasteiger partial charge is 0.442 e. The molecule has 2 rings (SSSR count). The van der Waals surface area contributed by atoms with Crippen LogP contribution in [0.15, 0.2) is 27.8 Å². The van der Waals surface area contributed by atoms with Crippen LogP contribution in [0.4, 0.5) is 8.78 Å². The van der Waals surface area contributed by atoms with E-state index in [2.05, 4.69) is 36.0 Å². The molecule has 138 valence electrons. The molecule has 1 heterocycles. The fraction of sp³-hybridized carbons (Fsp3) is 0.462. The quantitative estimate of drug-likeness (QED) is 0.347. The molecule has 1 aromatic heterocycles. The normalized spacial score (nSPS) is 13.8. The van der Waals surface area contributed by atoms with Gasteiger partial charge >= 0.3 is 13.8 Å². The van der Waals surface area contributed by atoms with E-state index in [4.69, 9.17) is 4.89 Å². The molecule has 12 heteroatoms. The minimum absolute atomic E-state index is 0.0831. The summed E-state index contributed by atoms with van der Waals surface area (Å²) in [5.41, 5.74) is 0.967. The molecule has 1 atom stereocenters. The van der Waals surface area contributed by atoms with Crippen LogP contribution in [0, 0.1) is 0 Å². The monoisotopic (exact) mass is 456 g/mol. The summed E-state index contributed by atoms with van der Waals surface area (Å²) in [7, 11) is -3.19. The number of nitrogens with zero attached hydrogens (tertiary/aromatic N) is 4. The highest BCUT2D eigenvalue weighted by atomic mass is 79.9. The topological polar surface area (TPSA) is 90.1 Å². The van der Waals surface area contributed by atoms with Crippen LogP contribution in [-0.2, 0) is 18.0 Å². The molecule has 0 aliphatic rings. The Hall–Kier alpha value is -1.03. The lowest BCUT2D eigenvalue weighted by molar-refractivity contribution is 0.188. The van der Waals surface area contributed by atoms with E-state index in [0.29, 0.717) is 4.47 Å². The number of aromatic nitrogens is 4. The summed E-state index contributed by atoms with van der Waals surface area (Å²) >= 11 is 4.75. The van der Waals surface area contributed by atoms with E-state index in [1.54, 1.807) is 35.6 Å². The van der Waals surface area contributed by atoms with E-state index in [-0.39, 0.29) is 5.75 Å². The molecular formula is C13H16BrF2N4O3PS. The molecule has 0 fully saturated rings. The van der Waals surface area contributed by atoms with Gasteiger partial charge in [0, 0.05) is 12.8 Å². The Morgan fingerprint density at radius 1 is 1.44 bits per heavy atom. The lowest BCUT2D eigenvalue weighted by atomic mass is 10.1. The van der Waals surface area contributed by atoms with Crippen molar-refractivity contribution in [1.29, 1.82) is 0 Å². The predicted octanol–water partition coefficient (Wildman–Crippen LogP) is 3.87. The zero-order valence-electron chi connectivity index (χ0n) is 13.2. The molecule has 0 saturated heterocycles. The number of alkyl halides is 2. The Morgan fingerprint density at radius 3 is 2.80 bits per heavy atom. The maximum Gasteiger partial charge on any atom is 0.442 e. The summed E-state index contributed by atoms with van der Waals surface area (Å²) in [6.45, 7) is 0. The second-order valence-electron chi connectivity index (χ2n) is 5.09. The van der Waals surface area contributed by atoms with Gasteiger partial charge in [-0.25, -0.2) is 9.25 Å². The predicted molar refractivity (Wildman–Crippen MR) is 93.1 cm³/mol. The molecule has 0 bridgehead atoms. The highest BCUT2D eigenvalue weighted by Gasteiger charge is 2.34. The zero-order chi connectivity index (χ0) is 18.4. The first kappa shape index (κ1) is 20.3. The van der Waals surface area contributed by atoms with Gasteiger partial charge in [0.05, 0.1) is 4.47 Å². The van der Waals surface area contributed by atoms with E-state index in [1.807, 2.05) is 0 Å². The van der Waals surface area contributed by atoms with Crippen molar-refractivity contribution >= 4 is 35.3 Å². The van der Waals surface area contributed by atoms with Gasteiger partial charge in [0.15, 0.2) is 0 Å². The third-order valence-electron chi connectivity index (χ3n) is 3.14. The van der Waals surface area contributed by atoms with E-state index < -0.39 is 13.8 Å². The van der Waals surface area contributed by atoms with Crippen molar-refractivity contribution in [3.05, 3.63) is 28.2 Å². The van der Waals surface area contributed by atoms with E-state index >= 15 is 0 Å². The van der Waals surface area contributed by atoms with Crippen molar-refractivity contribution in [1.82, 2.24) is 20.2 Å². The van der Waals surface area contributed by atoms with Crippen molar-refractivity contribution in [3.8, 4) is 5.75 Å². The molecule has 2 aromatic rings. The first-order valence-corrected chi connectivity index (χ1v) is 10.7. The van der Waals surface area contributed by atoms with Crippen LogP contribution in [-0.4, -0.2) is 37.0 Å². The van der Waals surface area contributed by atoms with Crippen LogP contribution in [0.5, 0.6) is 5.75 Å². The fourth-order valence-electron chi connectivity index (χ4n) is 1.89. The van der Waals surface area contributed by atoms with Gasteiger partial charge in [0.1, 0.15) is 5.75 Å². The Morgan fingerprint density at radius 2 is 2.20 bits per heavy atom. The van der Waals surface area contributed by atoms with Crippen LogP contribution in [0.1, 0.15) is 18.4 Å². The average molecular weight is 457 g/mol. The molecule has 0 radical (unpaired) electrons. The summed E-state index contributed by atoms with van der Waals surface area (Å²) in [6, 6.07) is 4.79. The minimum Gasteiger partial charge on any atom is -0.420 e. The van der Waals surface area contributed by atoms with Gasteiger partial charge in [-0.2, -0.15) is 8.78 Å². The Kier molecular flexibility index (Phi) is 7.36. The molecule has 1 N–H and O–H groups in total. The van der Waals surface area contributed by atoms with E-state index in [1.165, 1.54) is 6.07 Å². The van der Waals surface area contributed by atoms with Gasteiger partial charge in [0.25, 0.3) is 0 Å². The van der Waals surface area contributed by atoms with Gasteiger partial charge < -0.3 is 9.42 Å². The molecular weight excluding hydrogens is 441 g/mol. The SMILES string of the molecule is Cn1nnnc1SCCCCc1ccc(OP(=O)(O)C(F)F)c(Br)c1. The Labute approximate surface area is 155 Å². The first-order chi connectivity index (χ1) is 11.8. The number of hydrogen-bond donors (Lipinski definition) is 1. The van der Waals surface area contributed by atoms with E-state index in [0.717, 1.165) is 35.7 Å². The minimum atomic E-state index is -4.97. The number of aryl methyl sites for hydroxylation is 2. The van der Waals surface area contributed by atoms with Crippen LogP contribution in [0.3, 0.4) is 0 Å². The van der Waals surface area contributed by atoms with Crippen molar-refractivity contribution in [2.45, 2.75) is 30.6 Å². The molecule has 0 aliphatic heterocycles. The third-order valence-corrected chi connectivity index (χ3v) is 5.81. The highest BCUT2D eigenvalue weighted by Crippen LogP contribution is 2.50. The van der Waals surface area contributed by atoms with Crippen molar-refractivity contribution in [2.75, 3.05) is 5.75 Å². The number of unbranched alkanes of at least 4 members (excludes halogenated alkanes) is 1. The number of thioether (sulfide) groups is 1. The van der Waals surface area contributed by atoms with E-state index in [9.17, 15) is 13.3 Å². The lowest BCUT2D eigenvalue weighted by Crippen LogP contribution is -2.01. The third kappa shape index (κ3) is 6.02. The second-order valence-corrected chi connectivity index (χ2v) is 8.71. The molecule has 7 nitrogen and oxygen atoms in total. The smallest absolute Gasteiger partial charge is 0.420 e. The number of hydrogen-bond acceptors (Lipinski definition) is 6. The van der Waals surface area contributed by atoms with Crippen LogP contribution < -0.4 is 4.52 Å². The standard InChI is InChI=1S/C13H16BrF2N4O3PS/c1-20-13(17-18-19-20)25-7-3-2-4-9-5-6-11(10(14)8-9)23-24(21,22)12(15)16/h5-6,8,12H,2-4,7H2,1H3,(H,21,22). The first-order valence-electron chi connectivity index (χ1n) is 7.23. The summed E-state index contributed by atoms with van der Waals surface area (Å²) in [5.74, 6) is 0.791.